The summed E-state index contributed by atoms with van der Waals surface area (Å²) in [5.41, 5.74) is 0.397. The van der Waals surface area contributed by atoms with Gasteiger partial charge in [0.2, 0.25) is 0 Å². The molecule has 0 aromatic heterocycles. The number of halogens is 2. The second kappa shape index (κ2) is 6.34. The van der Waals surface area contributed by atoms with E-state index in [1.54, 1.807) is 7.11 Å². The third kappa shape index (κ3) is 4.08. The Bertz CT molecular complexity index is 374. The lowest BCUT2D eigenvalue weighted by atomic mass is 10.3. The van der Waals surface area contributed by atoms with Crippen LogP contribution in [0.15, 0.2) is 18.2 Å². The summed E-state index contributed by atoms with van der Waals surface area (Å²) in [6.07, 6.45) is 0. The van der Waals surface area contributed by atoms with Crippen LogP contribution in [0.4, 0.5) is 14.5 Å². The summed E-state index contributed by atoms with van der Waals surface area (Å²) < 4.78 is 30.3. The molecule has 0 saturated carbocycles. The second-order valence-corrected chi connectivity index (χ2v) is 3.41. The zero-order valence-electron chi connectivity index (χ0n) is 8.72. The van der Waals surface area contributed by atoms with Crippen LogP contribution in [-0.4, -0.2) is 25.4 Å². The summed E-state index contributed by atoms with van der Waals surface area (Å²) in [6, 6.07) is 3.48. The van der Waals surface area contributed by atoms with Crippen molar-refractivity contribution in [2.45, 2.75) is 0 Å². The lowest BCUT2D eigenvalue weighted by molar-refractivity contribution is 0.204. The van der Waals surface area contributed by atoms with E-state index in [0.717, 1.165) is 12.1 Å². The molecule has 6 heteroatoms. The molecule has 0 amide bonds. The highest BCUT2D eigenvalue weighted by atomic mass is 32.1. The van der Waals surface area contributed by atoms with E-state index in [-0.39, 0.29) is 0 Å². The summed E-state index contributed by atoms with van der Waals surface area (Å²) in [5, 5.41) is 5.91. The molecular weight excluding hydrogens is 234 g/mol. The van der Waals surface area contributed by atoms with Crippen LogP contribution < -0.4 is 10.6 Å². The van der Waals surface area contributed by atoms with Gasteiger partial charge >= 0.3 is 0 Å². The van der Waals surface area contributed by atoms with Gasteiger partial charge in [0.15, 0.2) is 16.7 Å². The van der Waals surface area contributed by atoms with Gasteiger partial charge in [0.1, 0.15) is 0 Å². The maximum atomic E-state index is 12.8. The molecule has 0 bridgehead atoms. The number of anilines is 1. The van der Waals surface area contributed by atoms with Gasteiger partial charge in [0, 0.05) is 25.4 Å². The Kier molecular flexibility index (Phi) is 5.07. The van der Waals surface area contributed by atoms with Crippen LogP contribution in [0.1, 0.15) is 0 Å². The van der Waals surface area contributed by atoms with Gasteiger partial charge in [-0.05, 0) is 24.4 Å². The molecule has 88 valence electrons. The van der Waals surface area contributed by atoms with Gasteiger partial charge in [-0.3, -0.25) is 0 Å². The topological polar surface area (TPSA) is 33.3 Å². The van der Waals surface area contributed by atoms with Gasteiger partial charge in [-0.2, -0.15) is 0 Å². The Balaban J connectivity index is 2.46. The van der Waals surface area contributed by atoms with Gasteiger partial charge < -0.3 is 15.4 Å². The lowest BCUT2D eigenvalue weighted by Gasteiger charge is -2.10. The van der Waals surface area contributed by atoms with Crippen LogP contribution in [0.3, 0.4) is 0 Å². The van der Waals surface area contributed by atoms with E-state index in [2.05, 4.69) is 10.6 Å². The molecule has 0 radical (unpaired) electrons. The van der Waals surface area contributed by atoms with Crippen molar-refractivity contribution in [3.63, 3.8) is 0 Å². The quantitative estimate of drug-likeness (QED) is 0.628. The standard InChI is InChI=1S/C10H12F2N2OS/c1-15-5-4-13-10(16)14-7-2-3-8(11)9(12)6-7/h2-3,6H,4-5H2,1H3,(H2,13,14,16). The summed E-state index contributed by atoms with van der Waals surface area (Å²) in [7, 11) is 1.58. The molecule has 0 fully saturated rings. The molecule has 2 N–H and O–H groups in total. The zero-order chi connectivity index (χ0) is 12.0. The Labute approximate surface area is 97.8 Å². The minimum Gasteiger partial charge on any atom is -0.383 e. The van der Waals surface area contributed by atoms with Crippen LogP contribution >= 0.6 is 12.2 Å². The van der Waals surface area contributed by atoms with E-state index < -0.39 is 11.6 Å². The van der Waals surface area contributed by atoms with Crippen LogP contribution in [0.25, 0.3) is 0 Å². The normalized spacial score (nSPS) is 9.94. The first-order valence-electron chi connectivity index (χ1n) is 4.62. The smallest absolute Gasteiger partial charge is 0.170 e. The number of rotatable bonds is 4. The van der Waals surface area contributed by atoms with E-state index in [4.69, 9.17) is 17.0 Å². The fourth-order valence-electron chi connectivity index (χ4n) is 1.02. The minimum absolute atomic E-state index is 0.336. The summed E-state index contributed by atoms with van der Waals surface area (Å²) in [4.78, 5) is 0. The number of hydrogen-bond donors (Lipinski definition) is 2. The predicted octanol–water partition coefficient (Wildman–Crippen LogP) is 1.90. The maximum absolute atomic E-state index is 12.8. The molecule has 0 atom stereocenters. The van der Waals surface area contributed by atoms with Crippen molar-refractivity contribution >= 4 is 23.0 Å². The third-order valence-electron chi connectivity index (χ3n) is 1.77. The molecule has 0 heterocycles. The molecule has 0 aliphatic heterocycles. The van der Waals surface area contributed by atoms with Crippen molar-refractivity contribution in [1.82, 2.24) is 5.32 Å². The average Bonchev–Trinajstić information content (AvgIpc) is 2.24. The SMILES string of the molecule is COCCNC(=S)Nc1ccc(F)c(F)c1. The Hall–Kier alpha value is -1.27. The Morgan fingerprint density at radius 2 is 2.12 bits per heavy atom. The molecule has 0 aliphatic rings. The molecule has 0 spiro atoms. The molecule has 1 aromatic carbocycles. The Morgan fingerprint density at radius 1 is 1.38 bits per heavy atom. The fraction of sp³-hybridized carbons (Fsp3) is 0.300. The first kappa shape index (κ1) is 12.8. The molecular formula is C10H12F2N2OS. The zero-order valence-corrected chi connectivity index (χ0v) is 9.54. The minimum atomic E-state index is -0.912. The monoisotopic (exact) mass is 246 g/mol. The highest BCUT2D eigenvalue weighted by Crippen LogP contribution is 2.12. The summed E-state index contributed by atoms with van der Waals surface area (Å²) in [6.45, 7) is 1.06. The van der Waals surface area contributed by atoms with Crippen LogP contribution in [0, 0.1) is 11.6 Å². The fourth-order valence-corrected chi connectivity index (χ4v) is 1.24. The second-order valence-electron chi connectivity index (χ2n) is 3.00. The van der Waals surface area contributed by atoms with Gasteiger partial charge in [-0.15, -0.1) is 0 Å². The Morgan fingerprint density at radius 3 is 2.75 bits per heavy atom. The first-order valence-corrected chi connectivity index (χ1v) is 5.03. The van der Waals surface area contributed by atoms with E-state index in [1.807, 2.05) is 0 Å². The lowest BCUT2D eigenvalue weighted by Crippen LogP contribution is -2.31. The highest BCUT2D eigenvalue weighted by molar-refractivity contribution is 7.80. The van der Waals surface area contributed by atoms with Gasteiger partial charge in [0.05, 0.1) is 6.61 Å². The van der Waals surface area contributed by atoms with Gasteiger partial charge in [-0.1, -0.05) is 0 Å². The number of hydrogen-bond acceptors (Lipinski definition) is 2. The van der Waals surface area contributed by atoms with Crippen LogP contribution in [0.5, 0.6) is 0 Å². The van der Waals surface area contributed by atoms with Gasteiger partial charge in [0.25, 0.3) is 0 Å². The van der Waals surface area contributed by atoms with Crippen molar-refractivity contribution < 1.29 is 13.5 Å². The average molecular weight is 246 g/mol. The van der Waals surface area contributed by atoms with Crippen LogP contribution in [0.2, 0.25) is 0 Å². The molecule has 1 rings (SSSR count). The number of ether oxygens (including phenoxy) is 1. The highest BCUT2D eigenvalue weighted by Gasteiger charge is 2.03. The van der Waals surface area contributed by atoms with E-state index >= 15 is 0 Å². The number of thiocarbonyl (C=S) groups is 1. The molecule has 3 nitrogen and oxygen atoms in total. The number of benzene rings is 1. The first-order chi connectivity index (χ1) is 7.63. The van der Waals surface area contributed by atoms with E-state index in [0.29, 0.717) is 24.0 Å². The van der Waals surface area contributed by atoms with Crippen molar-refractivity contribution in [1.29, 1.82) is 0 Å². The van der Waals surface area contributed by atoms with E-state index in [9.17, 15) is 8.78 Å². The molecule has 1 aromatic rings. The van der Waals surface area contributed by atoms with Crippen LogP contribution in [-0.2, 0) is 4.74 Å². The van der Waals surface area contributed by atoms with Crippen molar-refractivity contribution in [2.24, 2.45) is 0 Å². The van der Waals surface area contributed by atoms with Gasteiger partial charge in [-0.25, -0.2) is 8.78 Å². The van der Waals surface area contributed by atoms with Crippen molar-refractivity contribution in [3.8, 4) is 0 Å². The third-order valence-corrected chi connectivity index (χ3v) is 2.02. The van der Waals surface area contributed by atoms with Crippen molar-refractivity contribution in [3.05, 3.63) is 29.8 Å². The summed E-state index contributed by atoms with van der Waals surface area (Å²) in [5.74, 6) is -1.80. The largest absolute Gasteiger partial charge is 0.383 e. The number of methoxy groups -OCH3 is 1. The number of nitrogens with one attached hydrogen (secondary N) is 2. The van der Waals surface area contributed by atoms with E-state index in [1.165, 1.54) is 6.07 Å². The maximum Gasteiger partial charge on any atom is 0.170 e. The molecule has 16 heavy (non-hydrogen) atoms. The predicted molar refractivity (Wildman–Crippen MR) is 62.5 cm³/mol. The summed E-state index contributed by atoms with van der Waals surface area (Å²) >= 11 is 4.93. The molecule has 0 saturated heterocycles. The molecule has 0 aliphatic carbocycles. The van der Waals surface area contributed by atoms with Crippen molar-refractivity contribution in [2.75, 3.05) is 25.6 Å². The molecule has 0 unspecified atom stereocenters.